The Labute approximate surface area is 73.9 Å². The van der Waals surface area contributed by atoms with Crippen LogP contribution in [-0.4, -0.2) is 0 Å². The summed E-state index contributed by atoms with van der Waals surface area (Å²) in [5.41, 5.74) is 2.55. The SMILES string of the molecule is C=CC#CCc1cccc(C)c1. The van der Waals surface area contributed by atoms with Crippen molar-refractivity contribution in [3.8, 4) is 11.8 Å². The van der Waals surface area contributed by atoms with Crippen LogP contribution < -0.4 is 0 Å². The van der Waals surface area contributed by atoms with Crippen LogP contribution >= 0.6 is 0 Å². The van der Waals surface area contributed by atoms with Crippen LogP contribution in [0.3, 0.4) is 0 Å². The molecule has 0 amide bonds. The number of aryl methyl sites for hydroxylation is 1. The molecule has 0 aromatic heterocycles. The summed E-state index contributed by atoms with van der Waals surface area (Å²) in [4.78, 5) is 0. The van der Waals surface area contributed by atoms with Crippen molar-refractivity contribution < 1.29 is 0 Å². The molecular weight excluding hydrogens is 144 g/mol. The van der Waals surface area contributed by atoms with Gasteiger partial charge >= 0.3 is 0 Å². The molecular formula is C12H12. The van der Waals surface area contributed by atoms with Gasteiger partial charge in [-0.25, -0.2) is 0 Å². The van der Waals surface area contributed by atoms with Crippen molar-refractivity contribution in [2.75, 3.05) is 0 Å². The molecule has 0 aliphatic carbocycles. The van der Waals surface area contributed by atoms with Gasteiger partial charge in [-0.2, -0.15) is 0 Å². The van der Waals surface area contributed by atoms with E-state index in [9.17, 15) is 0 Å². The van der Waals surface area contributed by atoms with Crippen LogP contribution in [0.1, 0.15) is 11.1 Å². The predicted octanol–water partition coefficient (Wildman–Crippen LogP) is 2.73. The maximum absolute atomic E-state index is 3.54. The Morgan fingerprint density at radius 2 is 2.33 bits per heavy atom. The van der Waals surface area contributed by atoms with E-state index in [4.69, 9.17) is 0 Å². The number of hydrogen-bond donors (Lipinski definition) is 0. The van der Waals surface area contributed by atoms with E-state index in [2.05, 4.69) is 49.6 Å². The zero-order valence-electron chi connectivity index (χ0n) is 7.30. The smallest absolute Gasteiger partial charge is 0.0343 e. The first kappa shape index (κ1) is 8.62. The summed E-state index contributed by atoms with van der Waals surface area (Å²) in [6, 6.07) is 8.38. The van der Waals surface area contributed by atoms with Crippen molar-refractivity contribution in [3.63, 3.8) is 0 Å². The number of rotatable bonds is 1. The highest BCUT2D eigenvalue weighted by atomic mass is 13.9. The van der Waals surface area contributed by atoms with Crippen LogP contribution in [0, 0.1) is 18.8 Å². The molecule has 1 rings (SSSR count). The summed E-state index contributed by atoms with van der Waals surface area (Å²) in [6.07, 6.45) is 2.43. The van der Waals surface area contributed by atoms with E-state index in [0.717, 1.165) is 6.42 Å². The number of hydrogen-bond acceptors (Lipinski definition) is 0. The van der Waals surface area contributed by atoms with Crippen LogP contribution in [0.5, 0.6) is 0 Å². The van der Waals surface area contributed by atoms with E-state index >= 15 is 0 Å². The molecule has 1 aromatic carbocycles. The molecule has 0 heteroatoms. The molecule has 1 aromatic rings. The standard InChI is InChI=1S/C12H12/c1-3-4-5-8-12-9-6-7-11(2)10-12/h3,6-7,9-10H,1,8H2,2H3. The monoisotopic (exact) mass is 156 g/mol. The van der Waals surface area contributed by atoms with E-state index in [0.29, 0.717) is 0 Å². The Hall–Kier alpha value is -1.48. The first-order chi connectivity index (χ1) is 5.83. The molecule has 0 radical (unpaired) electrons. The molecule has 0 unspecified atom stereocenters. The summed E-state index contributed by atoms with van der Waals surface area (Å²) >= 11 is 0. The fraction of sp³-hybridized carbons (Fsp3) is 0.167. The highest BCUT2D eigenvalue weighted by molar-refractivity contribution is 5.27. The summed E-state index contributed by atoms with van der Waals surface area (Å²) in [6.45, 7) is 5.62. The fourth-order valence-electron chi connectivity index (χ4n) is 1.05. The molecule has 0 saturated heterocycles. The molecule has 12 heavy (non-hydrogen) atoms. The number of allylic oxidation sites excluding steroid dienone is 1. The predicted molar refractivity (Wildman–Crippen MR) is 52.9 cm³/mol. The molecule has 0 atom stereocenters. The van der Waals surface area contributed by atoms with Crippen molar-refractivity contribution in [1.82, 2.24) is 0 Å². The Bertz CT molecular complexity index is 323. The van der Waals surface area contributed by atoms with Crippen LogP contribution in [0.4, 0.5) is 0 Å². The second kappa shape index (κ2) is 4.41. The zero-order valence-corrected chi connectivity index (χ0v) is 7.30. The van der Waals surface area contributed by atoms with E-state index in [1.807, 2.05) is 0 Å². The first-order valence-corrected chi connectivity index (χ1v) is 3.98. The van der Waals surface area contributed by atoms with Crippen LogP contribution in [0.15, 0.2) is 36.9 Å². The minimum absolute atomic E-state index is 0.813. The topological polar surface area (TPSA) is 0 Å². The summed E-state index contributed by atoms with van der Waals surface area (Å²) in [5.74, 6) is 5.84. The zero-order chi connectivity index (χ0) is 8.81. The van der Waals surface area contributed by atoms with Crippen molar-refractivity contribution in [2.45, 2.75) is 13.3 Å². The fourth-order valence-corrected chi connectivity index (χ4v) is 1.05. The summed E-state index contributed by atoms with van der Waals surface area (Å²) in [7, 11) is 0. The van der Waals surface area contributed by atoms with Gasteiger partial charge in [0.1, 0.15) is 0 Å². The van der Waals surface area contributed by atoms with Gasteiger partial charge in [-0.3, -0.25) is 0 Å². The molecule has 0 heterocycles. The van der Waals surface area contributed by atoms with Crippen LogP contribution in [-0.2, 0) is 6.42 Å². The highest BCUT2D eigenvalue weighted by Gasteiger charge is 1.88. The molecule has 0 spiro atoms. The van der Waals surface area contributed by atoms with Gasteiger partial charge in [0, 0.05) is 6.42 Å². The third-order valence-electron chi connectivity index (χ3n) is 1.58. The summed E-state index contributed by atoms with van der Waals surface area (Å²) < 4.78 is 0. The molecule has 0 N–H and O–H groups in total. The lowest BCUT2D eigenvalue weighted by atomic mass is 10.1. The number of benzene rings is 1. The quantitative estimate of drug-likeness (QED) is 0.548. The Morgan fingerprint density at radius 1 is 1.50 bits per heavy atom. The average molecular weight is 156 g/mol. The van der Waals surface area contributed by atoms with E-state index in [-0.39, 0.29) is 0 Å². The van der Waals surface area contributed by atoms with Gasteiger partial charge in [0.05, 0.1) is 0 Å². The van der Waals surface area contributed by atoms with Gasteiger partial charge in [-0.1, -0.05) is 48.2 Å². The van der Waals surface area contributed by atoms with Crippen molar-refractivity contribution in [1.29, 1.82) is 0 Å². The Kier molecular flexibility index (Phi) is 3.17. The van der Waals surface area contributed by atoms with E-state index in [1.165, 1.54) is 11.1 Å². The van der Waals surface area contributed by atoms with Gasteiger partial charge in [0.15, 0.2) is 0 Å². The maximum atomic E-state index is 3.54. The lowest BCUT2D eigenvalue weighted by molar-refractivity contribution is 1.29. The maximum Gasteiger partial charge on any atom is 0.0343 e. The van der Waals surface area contributed by atoms with Gasteiger partial charge in [-0.05, 0) is 18.6 Å². The minimum Gasteiger partial charge on any atom is -0.0938 e. The minimum atomic E-state index is 0.813. The lowest BCUT2D eigenvalue weighted by Crippen LogP contribution is -1.81. The second-order valence-electron chi connectivity index (χ2n) is 2.69. The lowest BCUT2D eigenvalue weighted by Gasteiger charge is -1.95. The van der Waals surface area contributed by atoms with Gasteiger partial charge in [0.25, 0.3) is 0 Å². The van der Waals surface area contributed by atoms with Crippen molar-refractivity contribution in [2.24, 2.45) is 0 Å². The normalized spacial score (nSPS) is 8.42. The molecule has 0 saturated carbocycles. The molecule has 0 nitrogen and oxygen atoms in total. The van der Waals surface area contributed by atoms with Gasteiger partial charge in [-0.15, -0.1) is 0 Å². The van der Waals surface area contributed by atoms with Crippen molar-refractivity contribution in [3.05, 3.63) is 48.0 Å². The third kappa shape index (κ3) is 2.64. The highest BCUT2D eigenvalue weighted by Crippen LogP contribution is 2.03. The second-order valence-corrected chi connectivity index (χ2v) is 2.69. The Morgan fingerprint density at radius 3 is 3.00 bits per heavy atom. The van der Waals surface area contributed by atoms with E-state index < -0.39 is 0 Å². The molecule has 0 aliphatic heterocycles. The van der Waals surface area contributed by atoms with Crippen molar-refractivity contribution >= 4 is 0 Å². The van der Waals surface area contributed by atoms with Crippen LogP contribution in [0.25, 0.3) is 0 Å². The molecule has 60 valence electrons. The first-order valence-electron chi connectivity index (χ1n) is 3.98. The summed E-state index contributed by atoms with van der Waals surface area (Å²) in [5, 5.41) is 0. The third-order valence-corrected chi connectivity index (χ3v) is 1.58. The Balaban J connectivity index is 2.69. The van der Waals surface area contributed by atoms with E-state index in [1.54, 1.807) is 6.08 Å². The average Bonchev–Trinajstić information content (AvgIpc) is 2.05. The largest absolute Gasteiger partial charge is 0.0938 e. The molecule has 0 bridgehead atoms. The molecule has 0 fully saturated rings. The van der Waals surface area contributed by atoms with Crippen LogP contribution in [0.2, 0.25) is 0 Å². The van der Waals surface area contributed by atoms with Gasteiger partial charge < -0.3 is 0 Å². The van der Waals surface area contributed by atoms with Gasteiger partial charge in [0.2, 0.25) is 0 Å². The molecule has 0 aliphatic rings.